The summed E-state index contributed by atoms with van der Waals surface area (Å²) in [5.41, 5.74) is 1.26. The van der Waals surface area contributed by atoms with Crippen molar-refractivity contribution in [2.45, 2.75) is 0 Å². The number of furan rings is 1. The second-order valence-electron chi connectivity index (χ2n) is 4.11. The molecule has 0 fully saturated rings. The Morgan fingerprint density at radius 3 is 2.95 bits per heavy atom. The molecule has 1 aromatic heterocycles. The van der Waals surface area contributed by atoms with Gasteiger partial charge in [0.25, 0.3) is 11.8 Å². The Labute approximate surface area is 118 Å². The first-order valence-corrected chi connectivity index (χ1v) is 6.12. The molecule has 0 unspecified atom stereocenters. The zero-order valence-corrected chi connectivity index (χ0v) is 10.9. The lowest BCUT2D eigenvalue weighted by atomic mass is 10.2. The third-order valence-corrected chi connectivity index (χ3v) is 3.03. The molecule has 0 aliphatic carbocycles. The predicted molar refractivity (Wildman–Crippen MR) is 72.2 cm³/mol. The number of amides is 2. The van der Waals surface area contributed by atoms with E-state index in [4.69, 9.17) is 20.8 Å². The zero-order valence-electron chi connectivity index (χ0n) is 10.1. The summed E-state index contributed by atoms with van der Waals surface area (Å²) in [6.07, 6.45) is 1.33. The SMILES string of the molecule is O=C1COc2ccc(NC(=O)c3ccoc3Cl)cc2N1. The number of nitrogens with one attached hydrogen (secondary N) is 2. The molecule has 2 amide bonds. The van der Waals surface area contributed by atoms with Gasteiger partial charge in [0.15, 0.2) is 6.61 Å². The maximum Gasteiger partial charge on any atom is 0.262 e. The van der Waals surface area contributed by atoms with Gasteiger partial charge in [-0.05, 0) is 35.9 Å². The Bertz CT molecular complexity index is 695. The van der Waals surface area contributed by atoms with Crippen molar-refractivity contribution in [2.75, 3.05) is 17.2 Å². The molecule has 0 bridgehead atoms. The molecule has 0 atom stereocenters. The number of benzene rings is 1. The predicted octanol–water partition coefficient (Wildman–Crippen LogP) is 2.52. The Kier molecular flexibility index (Phi) is 3.08. The van der Waals surface area contributed by atoms with Crippen molar-refractivity contribution < 1.29 is 18.7 Å². The molecule has 2 N–H and O–H groups in total. The number of carbonyl (C=O) groups excluding carboxylic acids is 2. The van der Waals surface area contributed by atoms with Gasteiger partial charge in [-0.2, -0.15) is 0 Å². The van der Waals surface area contributed by atoms with E-state index in [1.165, 1.54) is 12.3 Å². The number of halogens is 1. The zero-order chi connectivity index (χ0) is 14.1. The van der Waals surface area contributed by atoms with E-state index >= 15 is 0 Å². The molecule has 20 heavy (non-hydrogen) atoms. The first-order chi connectivity index (χ1) is 9.63. The van der Waals surface area contributed by atoms with Gasteiger partial charge >= 0.3 is 0 Å². The average molecular weight is 293 g/mol. The number of rotatable bonds is 2. The molecule has 2 aromatic rings. The summed E-state index contributed by atoms with van der Waals surface area (Å²) in [4.78, 5) is 23.2. The molecule has 1 aliphatic rings. The van der Waals surface area contributed by atoms with E-state index in [1.807, 2.05) is 0 Å². The standard InChI is InChI=1S/C13H9ClN2O4/c14-12-8(3-4-19-12)13(18)15-7-1-2-10-9(5-7)16-11(17)6-20-10/h1-5H,6H2,(H,15,18)(H,16,17). The smallest absolute Gasteiger partial charge is 0.262 e. The van der Waals surface area contributed by atoms with Crippen molar-refractivity contribution in [2.24, 2.45) is 0 Å². The Morgan fingerprint density at radius 1 is 1.35 bits per heavy atom. The minimum absolute atomic E-state index is 0.0106. The summed E-state index contributed by atoms with van der Waals surface area (Å²) in [5.74, 6) is -0.0745. The molecule has 1 aliphatic heterocycles. The lowest BCUT2D eigenvalue weighted by Gasteiger charge is -2.18. The molecular weight excluding hydrogens is 284 g/mol. The third kappa shape index (κ3) is 2.33. The van der Waals surface area contributed by atoms with Gasteiger partial charge in [0.1, 0.15) is 5.75 Å². The summed E-state index contributed by atoms with van der Waals surface area (Å²) in [7, 11) is 0. The van der Waals surface area contributed by atoms with Crippen LogP contribution in [0.1, 0.15) is 10.4 Å². The van der Waals surface area contributed by atoms with Crippen LogP contribution in [0.2, 0.25) is 5.22 Å². The molecule has 0 radical (unpaired) electrons. The first kappa shape index (κ1) is 12.6. The van der Waals surface area contributed by atoms with Crippen LogP contribution in [-0.4, -0.2) is 18.4 Å². The number of fused-ring (bicyclic) bond motifs is 1. The van der Waals surface area contributed by atoms with E-state index in [2.05, 4.69) is 10.6 Å². The van der Waals surface area contributed by atoms with Gasteiger partial charge in [-0.15, -0.1) is 0 Å². The van der Waals surface area contributed by atoms with Crippen LogP contribution in [0.25, 0.3) is 0 Å². The van der Waals surface area contributed by atoms with E-state index in [1.54, 1.807) is 18.2 Å². The summed E-state index contributed by atoms with van der Waals surface area (Å²) in [6.45, 7) is -0.0106. The summed E-state index contributed by atoms with van der Waals surface area (Å²) >= 11 is 5.73. The molecule has 0 saturated carbocycles. The van der Waals surface area contributed by atoms with Crippen LogP contribution in [0.15, 0.2) is 34.9 Å². The van der Waals surface area contributed by atoms with Gasteiger partial charge in [0.05, 0.1) is 17.5 Å². The summed E-state index contributed by atoms with van der Waals surface area (Å²) < 4.78 is 10.1. The van der Waals surface area contributed by atoms with Gasteiger partial charge in [0.2, 0.25) is 5.22 Å². The highest BCUT2D eigenvalue weighted by Gasteiger charge is 2.18. The summed E-state index contributed by atoms with van der Waals surface area (Å²) in [5, 5.41) is 5.34. The van der Waals surface area contributed by atoms with E-state index in [0.717, 1.165) is 0 Å². The van der Waals surface area contributed by atoms with Crippen LogP contribution in [0.4, 0.5) is 11.4 Å². The van der Waals surface area contributed by atoms with Crippen LogP contribution >= 0.6 is 11.6 Å². The number of hydrogen-bond acceptors (Lipinski definition) is 4. The average Bonchev–Trinajstić information content (AvgIpc) is 2.84. The summed E-state index contributed by atoms with van der Waals surface area (Å²) in [6, 6.07) is 6.42. The minimum Gasteiger partial charge on any atom is -0.482 e. The van der Waals surface area contributed by atoms with Crippen molar-refractivity contribution in [3.05, 3.63) is 41.3 Å². The molecule has 6 nitrogen and oxygen atoms in total. The highest BCUT2D eigenvalue weighted by molar-refractivity contribution is 6.32. The number of anilines is 2. The molecule has 3 rings (SSSR count). The second kappa shape index (κ2) is 4.90. The topological polar surface area (TPSA) is 80.6 Å². The molecule has 1 aromatic carbocycles. The lowest BCUT2D eigenvalue weighted by molar-refractivity contribution is -0.118. The molecule has 0 saturated heterocycles. The van der Waals surface area contributed by atoms with E-state index in [-0.39, 0.29) is 23.3 Å². The van der Waals surface area contributed by atoms with Crippen LogP contribution < -0.4 is 15.4 Å². The van der Waals surface area contributed by atoms with Crippen molar-refractivity contribution >= 4 is 34.8 Å². The quantitative estimate of drug-likeness (QED) is 0.891. The maximum absolute atomic E-state index is 12.0. The van der Waals surface area contributed by atoms with Crippen molar-refractivity contribution in [1.82, 2.24) is 0 Å². The molecular formula is C13H9ClN2O4. The van der Waals surface area contributed by atoms with Gasteiger partial charge in [-0.25, -0.2) is 0 Å². The molecule has 2 heterocycles. The van der Waals surface area contributed by atoms with Crippen LogP contribution in [0, 0.1) is 0 Å². The van der Waals surface area contributed by atoms with Gasteiger partial charge < -0.3 is 19.8 Å². The normalized spacial score (nSPS) is 13.2. The van der Waals surface area contributed by atoms with Crippen LogP contribution in [0.5, 0.6) is 5.75 Å². The van der Waals surface area contributed by atoms with E-state index in [0.29, 0.717) is 17.1 Å². The fourth-order valence-electron chi connectivity index (χ4n) is 1.82. The Morgan fingerprint density at radius 2 is 2.20 bits per heavy atom. The molecule has 102 valence electrons. The van der Waals surface area contributed by atoms with Gasteiger partial charge in [-0.1, -0.05) is 0 Å². The molecule has 0 spiro atoms. The van der Waals surface area contributed by atoms with Gasteiger partial charge in [0, 0.05) is 5.69 Å². The maximum atomic E-state index is 12.0. The van der Waals surface area contributed by atoms with E-state index < -0.39 is 5.91 Å². The van der Waals surface area contributed by atoms with Gasteiger partial charge in [-0.3, -0.25) is 9.59 Å². The fraction of sp³-hybridized carbons (Fsp3) is 0.0769. The number of hydrogen-bond donors (Lipinski definition) is 2. The lowest BCUT2D eigenvalue weighted by Crippen LogP contribution is -2.25. The largest absolute Gasteiger partial charge is 0.482 e. The van der Waals surface area contributed by atoms with Crippen molar-refractivity contribution in [3.63, 3.8) is 0 Å². The minimum atomic E-state index is -0.397. The first-order valence-electron chi connectivity index (χ1n) is 5.74. The molecule has 7 heteroatoms. The van der Waals surface area contributed by atoms with Crippen LogP contribution in [0.3, 0.4) is 0 Å². The highest BCUT2D eigenvalue weighted by atomic mass is 35.5. The second-order valence-corrected chi connectivity index (χ2v) is 4.45. The van der Waals surface area contributed by atoms with E-state index in [9.17, 15) is 9.59 Å². The highest BCUT2D eigenvalue weighted by Crippen LogP contribution is 2.30. The fourth-order valence-corrected chi connectivity index (χ4v) is 2.02. The van der Waals surface area contributed by atoms with Crippen molar-refractivity contribution in [1.29, 1.82) is 0 Å². The Hall–Kier alpha value is -2.47. The number of carbonyl (C=O) groups is 2. The van der Waals surface area contributed by atoms with Crippen LogP contribution in [-0.2, 0) is 4.79 Å². The third-order valence-electron chi connectivity index (χ3n) is 2.73. The monoisotopic (exact) mass is 292 g/mol. The number of ether oxygens (including phenoxy) is 1. The van der Waals surface area contributed by atoms with Crippen molar-refractivity contribution in [3.8, 4) is 5.75 Å². The Balaban J connectivity index is 1.82.